The molecule has 0 fully saturated rings. The van der Waals surface area contributed by atoms with Gasteiger partial charge >= 0.3 is 0 Å². The van der Waals surface area contributed by atoms with Gasteiger partial charge in [-0.2, -0.15) is 0 Å². The van der Waals surface area contributed by atoms with Crippen molar-refractivity contribution >= 4 is 11.8 Å². The SMILES string of the molecule is CC(N)c1cccc(SCc2ccccc2F)c1. The van der Waals surface area contributed by atoms with E-state index in [0.717, 1.165) is 16.0 Å². The summed E-state index contributed by atoms with van der Waals surface area (Å²) in [5.41, 5.74) is 7.68. The van der Waals surface area contributed by atoms with E-state index in [1.165, 1.54) is 6.07 Å². The van der Waals surface area contributed by atoms with E-state index in [2.05, 4.69) is 6.07 Å². The van der Waals surface area contributed by atoms with Crippen molar-refractivity contribution in [3.05, 3.63) is 65.5 Å². The molecular formula is C15H16FNS. The second-order valence-corrected chi connectivity index (χ2v) is 5.29. The summed E-state index contributed by atoms with van der Waals surface area (Å²) in [5, 5.41) is 0. The standard InChI is InChI=1S/C15H16FNS/c1-11(17)12-6-4-7-14(9-12)18-10-13-5-2-3-8-15(13)16/h2-9,11H,10,17H2,1H3. The highest BCUT2D eigenvalue weighted by atomic mass is 32.2. The second-order valence-electron chi connectivity index (χ2n) is 4.24. The van der Waals surface area contributed by atoms with E-state index in [1.54, 1.807) is 17.8 Å². The van der Waals surface area contributed by atoms with Crippen LogP contribution >= 0.6 is 11.8 Å². The van der Waals surface area contributed by atoms with Crippen LogP contribution in [-0.4, -0.2) is 0 Å². The summed E-state index contributed by atoms with van der Waals surface area (Å²) < 4.78 is 13.5. The van der Waals surface area contributed by atoms with Crippen molar-refractivity contribution in [2.24, 2.45) is 5.73 Å². The van der Waals surface area contributed by atoms with Crippen LogP contribution in [0.2, 0.25) is 0 Å². The lowest BCUT2D eigenvalue weighted by Gasteiger charge is -2.08. The fourth-order valence-electron chi connectivity index (χ4n) is 1.66. The smallest absolute Gasteiger partial charge is 0.127 e. The lowest BCUT2D eigenvalue weighted by molar-refractivity contribution is 0.617. The minimum absolute atomic E-state index is 0.0269. The molecular weight excluding hydrogens is 245 g/mol. The number of halogens is 1. The number of hydrogen-bond donors (Lipinski definition) is 1. The Morgan fingerprint density at radius 1 is 1.17 bits per heavy atom. The Labute approximate surface area is 111 Å². The highest BCUT2D eigenvalue weighted by molar-refractivity contribution is 7.98. The molecule has 94 valence electrons. The van der Waals surface area contributed by atoms with E-state index in [4.69, 9.17) is 5.73 Å². The van der Waals surface area contributed by atoms with Gasteiger partial charge in [-0.3, -0.25) is 0 Å². The molecule has 0 saturated carbocycles. The third-order valence-corrected chi connectivity index (χ3v) is 3.78. The highest BCUT2D eigenvalue weighted by Crippen LogP contribution is 2.25. The molecule has 0 aliphatic rings. The van der Waals surface area contributed by atoms with Crippen LogP contribution in [0.25, 0.3) is 0 Å². The molecule has 0 heterocycles. The van der Waals surface area contributed by atoms with Crippen molar-refractivity contribution < 1.29 is 4.39 Å². The molecule has 0 bridgehead atoms. The van der Waals surface area contributed by atoms with E-state index in [0.29, 0.717) is 5.75 Å². The zero-order valence-corrected chi connectivity index (χ0v) is 11.1. The van der Waals surface area contributed by atoms with Gasteiger partial charge in [-0.25, -0.2) is 4.39 Å². The van der Waals surface area contributed by atoms with Crippen molar-refractivity contribution in [3.8, 4) is 0 Å². The molecule has 2 N–H and O–H groups in total. The zero-order valence-electron chi connectivity index (χ0n) is 10.3. The number of rotatable bonds is 4. The van der Waals surface area contributed by atoms with Gasteiger partial charge in [0.1, 0.15) is 5.82 Å². The van der Waals surface area contributed by atoms with Crippen LogP contribution in [0.1, 0.15) is 24.1 Å². The third-order valence-electron chi connectivity index (χ3n) is 2.74. The molecule has 0 amide bonds. The lowest BCUT2D eigenvalue weighted by Crippen LogP contribution is -2.04. The van der Waals surface area contributed by atoms with Gasteiger partial charge in [0, 0.05) is 16.7 Å². The number of nitrogens with two attached hydrogens (primary N) is 1. The Morgan fingerprint density at radius 2 is 1.94 bits per heavy atom. The molecule has 0 aliphatic heterocycles. The van der Waals surface area contributed by atoms with Crippen molar-refractivity contribution in [2.45, 2.75) is 23.6 Å². The fraction of sp³-hybridized carbons (Fsp3) is 0.200. The van der Waals surface area contributed by atoms with Crippen LogP contribution in [0.15, 0.2) is 53.4 Å². The molecule has 1 atom stereocenters. The molecule has 1 nitrogen and oxygen atoms in total. The van der Waals surface area contributed by atoms with Crippen LogP contribution in [0.3, 0.4) is 0 Å². The molecule has 3 heteroatoms. The van der Waals surface area contributed by atoms with Crippen LogP contribution in [0.5, 0.6) is 0 Å². The summed E-state index contributed by atoms with van der Waals surface area (Å²) in [6.45, 7) is 1.96. The molecule has 1 unspecified atom stereocenters. The van der Waals surface area contributed by atoms with Gasteiger partial charge in [-0.1, -0.05) is 30.3 Å². The van der Waals surface area contributed by atoms with Gasteiger partial charge in [-0.05, 0) is 36.2 Å². The summed E-state index contributed by atoms with van der Waals surface area (Å²) in [5.74, 6) is 0.489. The second kappa shape index (κ2) is 6.03. The molecule has 0 radical (unpaired) electrons. The van der Waals surface area contributed by atoms with Crippen molar-refractivity contribution in [3.63, 3.8) is 0 Å². The summed E-state index contributed by atoms with van der Waals surface area (Å²) in [6.07, 6.45) is 0. The molecule has 2 aromatic rings. The van der Waals surface area contributed by atoms with Gasteiger partial charge < -0.3 is 5.73 Å². The first-order valence-electron chi connectivity index (χ1n) is 5.88. The van der Waals surface area contributed by atoms with Gasteiger partial charge in [0.15, 0.2) is 0 Å². The Balaban J connectivity index is 2.07. The third kappa shape index (κ3) is 3.34. The first kappa shape index (κ1) is 13.1. The number of hydrogen-bond acceptors (Lipinski definition) is 2. The minimum atomic E-state index is -0.145. The van der Waals surface area contributed by atoms with E-state index in [9.17, 15) is 4.39 Å². The van der Waals surface area contributed by atoms with Crippen molar-refractivity contribution in [1.29, 1.82) is 0 Å². The van der Waals surface area contributed by atoms with Crippen molar-refractivity contribution in [1.82, 2.24) is 0 Å². The zero-order chi connectivity index (χ0) is 13.0. The number of benzene rings is 2. The maximum Gasteiger partial charge on any atom is 0.127 e. The Morgan fingerprint density at radius 3 is 2.67 bits per heavy atom. The molecule has 2 aromatic carbocycles. The predicted molar refractivity (Wildman–Crippen MR) is 75.0 cm³/mol. The van der Waals surface area contributed by atoms with Gasteiger partial charge in [-0.15, -0.1) is 11.8 Å². The van der Waals surface area contributed by atoms with E-state index in [-0.39, 0.29) is 11.9 Å². The summed E-state index contributed by atoms with van der Waals surface area (Å²) >= 11 is 1.62. The minimum Gasteiger partial charge on any atom is -0.324 e. The molecule has 2 rings (SSSR count). The molecule has 18 heavy (non-hydrogen) atoms. The quantitative estimate of drug-likeness (QED) is 0.837. The maximum absolute atomic E-state index is 13.5. The van der Waals surface area contributed by atoms with Crippen LogP contribution in [-0.2, 0) is 5.75 Å². The summed E-state index contributed by atoms with van der Waals surface area (Å²) in [6, 6.07) is 15.0. The largest absolute Gasteiger partial charge is 0.324 e. The Bertz CT molecular complexity index is 525. The average molecular weight is 261 g/mol. The van der Waals surface area contributed by atoms with Gasteiger partial charge in [0.25, 0.3) is 0 Å². The Kier molecular flexibility index (Phi) is 4.39. The molecule has 0 aromatic heterocycles. The van der Waals surface area contributed by atoms with E-state index in [1.807, 2.05) is 37.3 Å². The molecule has 0 aliphatic carbocycles. The first-order valence-corrected chi connectivity index (χ1v) is 6.87. The average Bonchev–Trinajstić information content (AvgIpc) is 2.38. The van der Waals surface area contributed by atoms with Crippen LogP contribution in [0, 0.1) is 5.82 Å². The van der Waals surface area contributed by atoms with Gasteiger partial charge in [0.05, 0.1) is 0 Å². The normalized spacial score (nSPS) is 12.4. The molecule has 0 saturated heterocycles. The maximum atomic E-state index is 13.5. The molecule has 0 spiro atoms. The topological polar surface area (TPSA) is 26.0 Å². The van der Waals surface area contributed by atoms with E-state index >= 15 is 0 Å². The van der Waals surface area contributed by atoms with Crippen LogP contribution in [0.4, 0.5) is 4.39 Å². The first-order chi connectivity index (χ1) is 8.66. The van der Waals surface area contributed by atoms with E-state index < -0.39 is 0 Å². The fourth-order valence-corrected chi connectivity index (χ4v) is 2.61. The summed E-state index contributed by atoms with van der Waals surface area (Å²) in [4.78, 5) is 1.12. The Hall–Kier alpha value is -1.32. The van der Waals surface area contributed by atoms with Crippen molar-refractivity contribution in [2.75, 3.05) is 0 Å². The van der Waals surface area contributed by atoms with Gasteiger partial charge in [0.2, 0.25) is 0 Å². The predicted octanol–water partition coefficient (Wildman–Crippen LogP) is 4.14. The summed E-state index contributed by atoms with van der Waals surface area (Å²) in [7, 11) is 0. The van der Waals surface area contributed by atoms with Crippen LogP contribution < -0.4 is 5.73 Å². The lowest BCUT2D eigenvalue weighted by atomic mass is 10.1. The monoisotopic (exact) mass is 261 g/mol. The highest BCUT2D eigenvalue weighted by Gasteiger charge is 2.04. The number of thioether (sulfide) groups is 1.